The molecule has 0 radical (unpaired) electrons. The molecule has 0 aliphatic heterocycles. The highest BCUT2D eigenvalue weighted by molar-refractivity contribution is 6.29. The quantitative estimate of drug-likeness (QED) is 0.628. The average molecular weight is 255 g/mol. The molecule has 2 heterocycles. The Hall–Kier alpha value is -2.38. The molecule has 86 valence electrons. The van der Waals surface area contributed by atoms with E-state index in [2.05, 4.69) is 16.0 Å². The zero-order valence-corrected chi connectivity index (χ0v) is 9.96. The summed E-state index contributed by atoms with van der Waals surface area (Å²) in [6.45, 7) is 0. The van der Waals surface area contributed by atoms with Crippen LogP contribution in [0.25, 0.3) is 16.9 Å². The highest BCUT2D eigenvalue weighted by Gasteiger charge is 2.07. The lowest BCUT2D eigenvalue weighted by Crippen LogP contribution is -1.94. The second-order valence-corrected chi connectivity index (χ2v) is 4.14. The van der Waals surface area contributed by atoms with Gasteiger partial charge in [0.05, 0.1) is 11.6 Å². The second-order valence-electron chi connectivity index (χ2n) is 3.75. The molecule has 0 saturated heterocycles. The molecule has 5 heteroatoms. The smallest absolute Gasteiger partial charge is 0.166 e. The number of aromatic nitrogens is 3. The lowest BCUT2D eigenvalue weighted by molar-refractivity contribution is 1.07. The molecule has 0 N–H and O–H groups in total. The van der Waals surface area contributed by atoms with Gasteiger partial charge in [0, 0.05) is 5.69 Å². The minimum atomic E-state index is 0.417. The summed E-state index contributed by atoms with van der Waals surface area (Å²) in [7, 11) is 0. The van der Waals surface area contributed by atoms with Gasteiger partial charge < -0.3 is 0 Å². The predicted octanol–water partition coefficient (Wildman–Crippen LogP) is 2.95. The Kier molecular flexibility index (Phi) is 2.47. The van der Waals surface area contributed by atoms with Crippen molar-refractivity contribution in [2.45, 2.75) is 0 Å². The van der Waals surface area contributed by atoms with Crippen LogP contribution in [0.4, 0.5) is 0 Å². The van der Waals surface area contributed by atoms with Crippen molar-refractivity contribution in [3.8, 4) is 11.8 Å². The molecule has 0 atom stereocenters. The van der Waals surface area contributed by atoms with Crippen LogP contribution in [-0.4, -0.2) is 14.5 Å². The summed E-state index contributed by atoms with van der Waals surface area (Å²) >= 11 is 5.89. The molecule has 3 rings (SSSR count). The number of rotatable bonds is 1. The van der Waals surface area contributed by atoms with Crippen molar-refractivity contribution >= 4 is 22.8 Å². The third-order valence-electron chi connectivity index (χ3n) is 2.61. The van der Waals surface area contributed by atoms with Crippen LogP contribution in [0.3, 0.4) is 0 Å². The monoisotopic (exact) mass is 254 g/mol. The number of hydrogen-bond donors (Lipinski definition) is 0. The minimum absolute atomic E-state index is 0.417. The van der Waals surface area contributed by atoms with Crippen LogP contribution >= 0.6 is 11.6 Å². The van der Waals surface area contributed by atoms with Gasteiger partial charge in [0.2, 0.25) is 0 Å². The van der Waals surface area contributed by atoms with Crippen molar-refractivity contribution in [2.75, 3.05) is 0 Å². The summed E-state index contributed by atoms with van der Waals surface area (Å²) in [5.41, 5.74) is 2.88. The number of benzene rings is 1. The van der Waals surface area contributed by atoms with Crippen molar-refractivity contribution in [1.82, 2.24) is 14.5 Å². The Labute approximate surface area is 108 Å². The molecule has 4 nitrogen and oxygen atoms in total. The number of halogens is 1. The molecule has 3 aromatic rings. The van der Waals surface area contributed by atoms with Gasteiger partial charge in [-0.1, -0.05) is 17.7 Å². The molecule has 0 aliphatic rings. The summed E-state index contributed by atoms with van der Waals surface area (Å²) in [5.74, 6) is 0. The molecule has 18 heavy (non-hydrogen) atoms. The Balaban J connectivity index is 2.25. The summed E-state index contributed by atoms with van der Waals surface area (Å²) < 4.78 is 1.81. The number of pyridine rings is 1. The molecule has 0 amide bonds. The fourth-order valence-electron chi connectivity index (χ4n) is 1.78. The fourth-order valence-corrected chi connectivity index (χ4v) is 1.93. The number of nitriles is 1. The standard InChI is InChI=1S/C13H7ClN4/c14-12-5-4-11-13(17-12)18(8-16-11)10-3-1-2-9(6-10)7-15/h1-6,8H. The molecule has 0 saturated carbocycles. The third-order valence-corrected chi connectivity index (χ3v) is 2.82. The number of fused-ring (bicyclic) bond motifs is 1. The van der Waals surface area contributed by atoms with Gasteiger partial charge in [-0.15, -0.1) is 0 Å². The Morgan fingerprint density at radius 1 is 1.22 bits per heavy atom. The van der Waals surface area contributed by atoms with E-state index in [0.717, 1.165) is 11.2 Å². The van der Waals surface area contributed by atoms with Crippen molar-refractivity contribution in [3.63, 3.8) is 0 Å². The first-order valence-electron chi connectivity index (χ1n) is 5.28. The van der Waals surface area contributed by atoms with Gasteiger partial charge in [0.1, 0.15) is 17.0 Å². The van der Waals surface area contributed by atoms with Crippen LogP contribution in [0.1, 0.15) is 5.56 Å². The fraction of sp³-hybridized carbons (Fsp3) is 0. The van der Waals surface area contributed by atoms with Gasteiger partial charge in [-0.3, -0.25) is 4.57 Å². The van der Waals surface area contributed by atoms with E-state index < -0.39 is 0 Å². The second kappa shape index (κ2) is 4.13. The molecule has 0 fully saturated rings. The summed E-state index contributed by atoms with van der Waals surface area (Å²) in [4.78, 5) is 8.50. The van der Waals surface area contributed by atoms with E-state index in [-0.39, 0.29) is 0 Å². The van der Waals surface area contributed by atoms with Crippen LogP contribution in [-0.2, 0) is 0 Å². The van der Waals surface area contributed by atoms with Gasteiger partial charge in [-0.25, -0.2) is 9.97 Å². The first-order chi connectivity index (χ1) is 8.78. The molecule has 1 aromatic carbocycles. The summed E-state index contributed by atoms with van der Waals surface area (Å²) in [5, 5.41) is 9.32. The normalized spacial score (nSPS) is 10.4. The summed E-state index contributed by atoms with van der Waals surface area (Å²) in [6.07, 6.45) is 1.67. The van der Waals surface area contributed by atoms with Crippen molar-refractivity contribution in [1.29, 1.82) is 5.26 Å². The largest absolute Gasteiger partial charge is 0.283 e. The lowest BCUT2D eigenvalue weighted by Gasteiger charge is -2.03. The van der Waals surface area contributed by atoms with Gasteiger partial charge in [0.15, 0.2) is 5.65 Å². The first kappa shape index (κ1) is 10.8. The topological polar surface area (TPSA) is 54.5 Å². The zero-order valence-electron chi connectivity index (χ0n) is 9.21. The van der Waals surface area contributed by atoms with E-state index in [1.54, 1.807) is 24.5 Å². The molecule has 0 aliphatic carbocycles. The Morgan fingerprint density at radius 2 is 2.11 bits per heavy atom. The van der Waals surface area contributed by atoms with Crippen LogP contribution < -0.4 is 0 Å². The minimum Gasteiger partial charge on any atom is -0.283 e. The van der Waals surface area contributed by atoms with Crippen LogP contribution in [0.15, 0.2) is 42.7 Å². The molecule has 0 unspecified atom stereocenters. The molecular weight excluding hydrogens is 248 g/mol. The molecule has 2 aromatic heterocycles. The van der Waals surface area contributed by atoms with E-state index in [9.17, 15) is 0 Å². The Bertz CT molecular complexity index is 770. The van der Waals surface area contributed by atoms with Gasteiger partial charge in [0.25, 0.3) is 0 Å². The lowest BCUT2D eigenvalue weighted by atomic mass is 10.2. The SMILES string of the molecule is N#Cc1cccc(-n2cnc3ccc(Cl)nc32)c1. The van der Waals surface area contributed by atoms with E-state index in [0.29, 0.717) is 16.4 Å². The van der Waals surface area contributed by atoms with Crippen molar-refractivity contribution in [3.05, 3.63) is 53.4 Å². The maximum Gasteiger partial charge on any atom is 0.166 e. The van der Waals surface area contributed by atoms with Crippen molar-refractivity contribution < 1.29 is 0 Å². The van der Waals surface area contributed by atoms with Gasteiger partial charge in [-0.2, -0.15) is 5.26 Å². The van der Waals surface area contributed by atoms with Crippen LogP contribution in [0.5, 0.6) is 0 Å². The van der Waals surface area contributed by atoms with E-state index in [1.165, 1.54) is 0 Å². The predicted molar refractivity (Wildman–Crippen MR) is 68.6 cm³/mol. The third kappa shape index (κ3) is 1.71. The highest BCUT2D eigenvalue weighted by Crippen LogP contribution is 2.19. The Morgan fingerprint density at radius 3 is 2.94 bits per heavy atom. The molecular formula is C13H7ClN4. The number of nitrogens with zero attached hydrogens (tertiary/aromatic N) is 4. The van der Waals surface area contributed by atoms with Crippen LogP contribution in [0, 0.1) is 11.3 Å². The molecule has 0 bridgehead atoms. The average Bonchev–Trinajstić information content (AvgIpc) is 2.81. The maximum atomic E-state index is 8.91. The maximum absolute atomic E-state index is 8.91. The number of hydrogen-bond acceptors (Lipinski definition) is 3. The van der Waals surface area contributed by atoms with E-state index >= 15 is 0 Å². The molecule has 0 spiro atoms. The van der Waals surface area contributed by atoms with Gasteiger partial charge in [-0.05, 0) is 30.3 Å². The zero-order chi connectivity index (χ0) is 12.5. The summed E-state index contributed by atoms with van der Waals surface area (Å²) in [6, 6.07) is 12.9. The van der Waals surface area contributed by atoms with Gasteiger partial charge >= 0.3 is 0 Å². The highest BCUT2D eigenvalue weighted by atomic mass is 35.5. The first-order valence-corrected chi connectivity index (χ1v) is 5.66. The van der Waals surface area contributed by atoms with Crippen molar-refractivity contribution in [2.24, 2.45) is 0 Å². The van der Waals surface area contributed by atoms with E-state index in [4.69, 9.17) is 16.9 Å². The number of imidazole rings is 1. The van der Waals surface area contributed by atoms with Crippen LogP contribution in [0.2, 0.25) is 5.15 Å². The van der Waals surface area contributed by atoms with E-state index in [1.807, 2.05) is 22.8 Å².